The summed E-state index contributed by atoms with van der Waals surface area (Å²) >= 11 is 6.00. The first-order valence-corrected chi connectivity index (χ1v) is 9.14. The number of fused-ring (bicyclic) bond motifs is 1. The van der Waals surface area contributed by atoms with E-state index in [9.17, 15) is 4.79 Å². The molecule has 1 N–H and O–H groups in total. The second kappa shape index (κ2) is 6.34. The fourth-order valence-corrected chi connectivity index (χ4v) is 4.49. The van der Waals surface area contributed by atoms with E-state index in [4.69, 9.17) is 16.0 Å². The fraction of sp³-hybridized carbons (Fsp3) is 0.400. The molecule has 4 nitrogen and oxygen atoms in total. The second-order valence-corrected chi connectivity index (χ2v) is 7.72. The molecule has 1 heterocycles. The Labute approximate surface area is 152 Å². The fourth-order valence-electron chi connectivity index (χ4n) is 4.30. The molecular formula is C20H21ClN2O2. The largest absolute Gasteiger partial charge is 0.455 e. The van der Waals surface area contributed by atoms with Crippen molar-refractivity contribution in [3.05, 3.63) is 47.2 Å². The van der Waals surface area contributed by atoms with Crippen molar-refractivity contribution in [2.45, 2.75) is 32.6 Å². The maximum Gasteiger partial charge on any atom is 0.244 e. The summed E-state index contributed by atoms with van der Waals surface area (Å²) < 4.78 is 5.74. The van der Waals surface area contributed by atoms with Crippen LogP contribution in [0.1, 0.15) is 38.4 Å². The summed E-state index contributed by atoms with van der Waals surface area (Å²) in [4.78, 5) is 12.4. The second-order valence-electron chi connectivity index (χ2n) is 7.28. The zero-order valence-corrected chi connectivity index (χ0v) is 14.9. The zero-order valence-electron chi connectivity index (χ0n) is 14.2. The van der Waals surface area contributed by atoms with Crippen LogP contribution in [0.15, 0.2) is 45.9 Å². The van der Waals surface area contributed by atoms with Crippen LogP contribution < -0.4 is 5.43 Å². The van der Waals surface area contributed by atoms with Gasteiger partial charge in [0.2, 0.25) is 5.91 Å². The number of benzene rings is 1. The van der Waals surface area contributed by atoms with Crippen LogP contribution in [0.4, 0.5) is 0 Å². The van der Waals surface area contributed by atoms with Crippen molar-refractivity contribution in [1.29, 1.82) is 0 Å². The molecule has 2 saturated carbocycles. The van der Waals surface area contributed by atoms with Crippen LogP contribution in [0.25, 0.3) is 11.3 Å². The minimum absolute atomic E-state index is 0.0345. The molecule has 3 atom stereocenters. The Kier molecular flexibility index (Phi) is 4.16. The lowest BCUT2D eigenvalue weighted by molar-refractivity contribution is -0.123. The molecule has 5 heteroatoms. The molecular weight excluding hydrogens is 336 g/mol. The third kappa shape index (κ3) is 3.11. The van der Waals surface area contributed by atoms with Crippen molar-refractivity contribution in [3.63, 3.8) is 0 Å². The van der Waals surface area contributed by atoms with Crippen molar-refractivity contribution in [2.24, 2.45) is 22.4 Å². The summed E-state index contributed by atoms with van der Waals surface area (Å²) in [6, 6.07) is 11.2. The van der Waals surface area contributed by atoms with Crippen molar-refractivity contribution in [3.8, 4) is 11.3 Å². The Balaban J connectivity index is 1.37. The molecule has 2 aliphatic carbocycles. The van der Waals surface area contributed by atoms with Crippen LogP contribution in [0.3, 0.4) is 0 Å². The van der Waals surface area contributed by atoms with Gasteiger partial charge in [-0.15, -0.1) is 0 Å². The molecule has 0 bridgehead atoms. The molecule has 1 aromatic carbocycles. The Morgan fingerprint density at radius 2 is 2.24 bits per heavy atom. The third-order valence-corrected chi connectivity index (χ3v) is 5.95. The van der Waals surface area contributed by atoms with E-state index in [-0.39, 0.29) is 17.2 Å². The number of carbonyl (C=O) groups is 1. The predicted octanol–water partition coefficient (Wildman–Crippen LogP) is 4.88. The summed E-state index contributed by atoms with van der Waals surface area (Å²) in [6.45, 7) is 2.23. The number of rotatable bonds is 4. The molecule has 25 heavy (non-hydrogen) atoms. The van der Waals surface area contributed by atoms with Crippen molar-refractivity contribution >= 4 is 23.7 Å². The lowest BCUT2D eigenvalue weighted by atomic mass is 9.90. The number of halogens is 1. The number of hydrogen-bond donors (Lipinski definition) is 1. The van der Waals surface area contributed by atoms with Gasteiger partial charge in [0.25, 0.3) is 0 Å². The van der Waals surface area contributed by atoms with Gasteiger partial charge < -0.3 is 4.42 Å². The number of hydrogen-bond acceptors (Lipinski definition) is 3. The molecule has 0 saturated heterocycles. The average Bonchev–Trinajstić information content (AvgIpc) is 2.96. The highest BCUT2D eigenvalue weighted by atomic mass is 35.5. The molecule has 4 rings (SSSR count). The van der Waals surface area contributed by atoms with Gasteiger partial charge in [0.05, 0.1) is 6.21 Å². The monoisotopic (exact) mass is 356 g/mol. The number of hydrazone groups is 1. The molecule has 0 radical (unpaired) electrons. The summed E-state index contributed by atoms with van der Waals surface area (Å²) in [5, 5.41) is 4.73. The molecule has 0 spiro atoms. The van der Waals surface area contributed by atoms with Crippen LogP contribution in [-0.2, 0) is 4.79 Å². The van der Waals surface area contributed by atoms with E-state index in [0.717, 1.165) is 17.7 Å². The van der Waals surface area contributed by atoms with Gasteiger partial charge in [0, 0.05) is 16.5 Å². The first kappa shape index (κ1) is 16.4. The van der Waals surface area contributed by atoms with E-state index in [2.05, 4.69) is 17.5 Å². The number of carbonyl (C=O) groups excluding carboxylic acids is 1. The lowest BCUT2D eigenvalue weighted by Crippen LogP contribution is -2.22. The molecule has 2 fully saturated rings. The average molecular weight is 357 g/mol. The van der Waals surface area contributed by atoms with E-state index in [0.29, 0.717) is 16.7 Å². The van der Waals surface area contributed by atoms with Crippen LogP contribution in [0, 0.1) is 17.3 Å². The minimum Gasteiger partial charge on any atom is -0.455 e. The number of furan rings is 1. The summed E-state index contributed by atoms with van der Waals surface area (Å²) in [5.74, 6) is 2.00. The standard InChI is InChI=1S/C20H21ClN2O2/c1-20-10-3-2-7-16(20)18(20)19(24)23-22-12-15-8-9-17(25-15)13-5-4-6-14(21)11-13/h4-6,8-9,11-12,16,18H,2-3,7,10H2,1H3,(H,23,24)/b22-12-/t16-,18-,20+/m1/s1. The highest BCUT2D eigenvalue weighted by Crippen LogP contribution is 2.66. The van der Waals surface area contributed by atoms with Gasteiger partial charge in [0.15, 0.2) is 0 Å². The van der Waals surface area contributed by atoms with E-state index in [1.54, 1.807) is 6.21 Å². The van der Waals surface area contributed by atoms with E-state index < -0.39 is 0 Å². The Morgan fingerprint density at radius 3 is 3.00 bits per heavy atom. The van der Waals surface area contributed by atoms with Crippen LogP contribution in [0.5, 0.6) is 0 Å². The highest BCUT2D eigenvalue weighted by Gasteiger charge is 2.64. The summed E-state index contributed by atoms with van der Waals surface area (Å²) in [6.07, 6.45) is 6.34. The third-order valence-electron chi connectivity index (χ3n) is 5.72. The number of amides is 1. The van der Waals surface area contributed by atoms with Crippen molar-refractivity contribution in [2.75, 3.05) is 0 Å². The molecule has 2 aromatic rings. The lowest BCUT2D eigenvalue weighted by Gasteiger charge is -2.15. The zero-order chi connectivity index (χ0) is 17.4. The quantitative estimate of drug-likeness (QED) is 0.627. The van der Waals surface area contributed by atoms with Crippen molar-refractivity contribution in [1.82, 2.24) is 5.43 Å². The number of nitrogens with one attached hydrogen (secondary N) is 1. The van der Waals surface area contributed by atoms with Gasteiger partial charge in [-0.25, -0.2) is 5.43 Å². The SMILES string of the molecule is C[C@]12CCCC[C@@H]1[C@@H]2C(=O)N/N=C\c1ccc(-c2cccc(Cl)c2)o1. The molecule has 0 unspecified atom stereocenters. The first-order valence-electron chi connectivity index (χ1n) is 8.77. The Morgan fingerprint density at radius 1 is 1.36 bits per heavy atom. The van der Waals surface area contributed by atoms with Gasteiger partial charge in [-0.05, 0) is 48.4 Å². The molecule has 0 aliphatic heterocycles. The number of nitrogens with zero attached hydrogens (tertiary/aromatic N) is 1. The van der Waals surface area contributed by atoms with E-state index in [1.807, 2.05) is 36.4 Å². The normalized spacial score (nSPS) is 27.9. The maximum absolute atomic E-state index is 12.4. The highest BCUT2D eigenvalue weighted by molar-refractivity contribution is 6.30. The Bertz CT molecular complexity index is 829. The molecule has 1 amide bonds. The molecule has 1 aromatic heterocycles. The van der Waals surface area contributed by atoms with Gasteiger partial charge in [-0.2, -0.15) is 5.10 Å². The van der Waals surface area contributed by atoms with Crippen LogP contribution in [0.2, 0.25) is 5.02 Å². The molecule has 130 valence electrons. The maximum atomic E-state index is 12.4. The van der Waals surface area contributed by atoms with Crippen LogP contribution >= 0.6 is 11.6 Å². The van der Waals surface area contributed by atoms with Crippen LogP contribution in [-0.4, -0.2) is 12.1 Å². The van der Waals surface area contributed by atoms with Gasteiger partial charge in [0.1, 0.15) is 11.5 Å². The topological polar surface area (TPSA) is 54.6 Å². The first-order chi connectivity index (χ1) is 12.1. The summed E-state index contributed by atoms with van der Waals surface area (Å²) in [5.41, 5.74) is 3.79. The van der Waals surface area contributed by atoms with Gasteiger partial charge >= 0.3 is 0 Å². The minimum atomic E-state index is 0.0345. The van der Waals surface area contributed by atoms with Crippen molar-refractivity contribution < 1.29 is 9.21 Å². The summed E-state index contributed by atoms with van der Waals surface area (Å²) in [7, 11) is 0. The Hall–Kier alpha value is -2.07. The predicted molar refractivity (Wildman–Crippen MR) is 98.4 cm³/mol. The molecule has 2 aliphatic rings. The van der Waals surface area contributed by atoms with Gasteiger partial charge in [-0.1, -0.05) is 43.5 Å². The van der Waals surface area contributed by atoms with Gasteiger partial charge in [-0.3, -0.25) is 4.79 Å². The smallest absolute Gasteiger partial charge is 0.244 e. The van der Waals surface area contributed by atoms with E-state index >= 15 is 0 Å². The van der Waals surface area contributed by atoms with E-state index in [1.165, 1.54) is 19.3 Å².